The summed E-state index contributed by atoms with van der Waals surface area (Å²) in [7, 11) is 0. The molecule has 0 N–H and O–H groups in total. The van der Waals surface area contributed by atoms with E-state index in [9.17, 15) is 0 Å². The van der Waals surface area contributed by atoms with E-state index in [1.807, 2.05) is 24.3 Å². The van der Waals surface area contributed by atoms with E-state index in [0.29, 0.717) is 16.0 Å². The van der Waals surface area contributed by atoms with Gasteiger partial charge in [-0.05, 0) is 5.02 Å². The summed E-state index contributed by atoms with van der Waals surface area (Å²) in [4.78, 5) is 0. The molecule has 6 heteroatoms. The van der Waals surface area contributed by atoms with Crippen molar-refractivity contribution in [3.8, 4) is 11.1 Å². The van der Waals surface area contributed by atoms with Gasteiger partial charge in [-0.15, -0.1) is 46.5 Å². The number of benzene rings is 2. The van der Waals surface area contributed by atoms with Gasteiger partial charge in [0.1, 0.15) is 0 Å². The van der Waals surface area contributed by atoms with Crippen LogP contribution in [0.25, 0.3) is 21.9 Å². The molecule has 1 unspecified atom stereocenters. The number of hydrogen-bond donors (Lipinski definition) is 0. The van der Waals surface area contributed by atoms with Gasteiger partial charge < -0.3 is 24.8 Å². The normalized spacial score (nSPS) is 14.3. The van der Waals surface area contributed by atoms with E-state index >= 15 is 0 Å². The first-order chi connectivity index (χ1) is 14.5. The van der Waals surface area contributed by atoms with Gasteiger partial charge in [-0.3, -0.25) is 6.08 Å². The number of halogens is 4. The third kappa shape index (κ3) is 9.06. The average molecular weight is 616 g/mol. The zero-order chi connectivity index (χ0) is 23.3. The molecule has 0 bridgehead atoms. The summed E-state index contributed by atoms with van der Waals surface area (Å²) >= 11 is 14.1. The van der Waals surface area contributed by atoms with Crippen LogP contribution in [-0.2, 0) is 23.3 Å². The van der Waals surface area contributed by atoms with Crippen molar-refractivity contribution in [2.75, 3.05) is 0 Å². The smallest absolute Gasteiger partial charge is 0.0235 e. The molecule has 0 saturated heterocycles. The van der Waals surface area contributed by atoms with Crippen LogP contribution >= 0.6 is 23.2 Å². The Kier molecular flexibility index (Phi) is 14.9. The van der Waals surface area contributed by atoms with Gasteiger partial charge in [0.25, 0.3) is 0 Å². The fourth-order valence-electron chi connectivity index (χ4n) is 3.59. The van der Waals surface area contributed by atoms with Crippen LogP contribution in [0.1, 0.15) is 33.3 Å². The van der Waals surface area contributed by atoms with Crippen LogP contribution in [-0.4, -0.2) is 5.43 Å². The maximum Gasteiger partial charge on any atom is 0.0235 e. The Morgan fingerprint density at radius 2 is 1.52 bits per heavy atom. The minimum absolute atomic E-state index is 0. The van der Waals surface area contributed by atoms with E-state index in [1.54, 1.807) is 29.4 Å². The van der Waals surface area contributed by atoms with E-state index in [-0.39, 0.29) is 30.2 Å². The van der Waals surface area contributed by atoms with Gasteiger partial charge in [0, 0.05) is 5.02 Å². The summed E-state index contributed by atoms with van der Waals surface area (Å²) in [6, 6.07) is 16.2. The molecule has 0 amide bonds. The van der Waals surface area contributed by atoms with Gasteiger partial charge in [-0.1, -0.05) is 93.2 Å². The summed E-state index contributed by atoms with van der Waals surface area (Å²) in [6.45, 7) is 15.4. The number of allylic oxidation sites excluding steroid dienone is 4. The van der Waals surface area contributed by atoms with Gasteiger partial charge in [0.2, 0.25) is 0 Å². The first kappa shape index (κ1) is 32.8. The largest absolute Gasteiger partial charge is 1.00 e. The Labute approximate surface area is 237 Å². The monoisotopic (exact) mass is 612 g/mol. The third-order valence-corrected chi connectivity index (χ3v) is 5.95. The standard InChI is InChI=1S/C16H11Cl2.C9H13.C2H6Si.2ClH.Zr/c1-10-7-13-14(8-12(17)9-15(13)18)16(10)11-5-3-2-4-6-11;1-6-5-7(2)9(4)8(6)3;1-3-2;;;/h2-9H,1H3;6H,1-4H3;1-2H3;2*1H;/q2*-1;;;;+2/p-2. The summed E-state index contributed by atoms with van der Waals surface area (Å²) in [5, 5.41) is 3.58. The maximum absolute atomic E-state index is 6.25. The topological polar surface area (TPSA) is 0 Å². The van der Waals surface area contributed by atoms with Crippen molar-refractivity contribution in [3.05, 3.63) is 86.9 Å². The molecular formula is C27H30Cl4SiZr-2. The molecule has 3 aromatic rings. The quantitative estimate of drug-likeness (QED) is 0.291. The first-order valence-corrected chi connectivity index (χ1v) is 17.4. The van der Waals surface area contributed by atoms with Crippen molar-refractivity contribution in [1.82, 2.24) is 0 Å². The number of rotatable bonds is 1. The first-order valence-electron chi connectivity index (χ1n) is 10.4. The van der Waals surface area contributed by atoms with Gasteiger partial charge in [0.05, 0.1) is 0 Å². The molecular weight excluding hydrogens is 585 g/mol. The summed E-state index contributed by atoms with van der Waals surface area (Å²) in [6.07, 6.45) is 3.36. The Balaban J connectivity index is 0.000000580. The van der Waals surface area contributed by atoms with Crippen LogP contribution in [0, 0.1) is 18.9 Å². The molecule has 0 saturated carbocycles. The fourth-order valence-corrected chi connectivity index (χ4v) is 4.14. The SMILES string of the molecule is CC1=[C-]C(C)C(C)=C1C.C[Si](C)=[Zr+2].Cc1[cH-]c2c(Cl)cc(Cl)cc2c1-c1ccccc1.[Cl-].[Cl-]. The molecule has 0 aromatic heterocycles. The summed E-state index contributed by atoms with van der Waals surface area (Å²) in [5.74, 6) is 0.560. The Morgan fingerprint density at radius 3 is 1.94 bits per heavy atom. The van der Waals surface area contributed by atoms with Crippen LogP contribution in [0.2, 0.25) is 23.1 Å². The summed E-state index contributed by atoms with van der Waals surface area (Å²) < 4.78 is 0. The van der Waals surface area contributed by atoms with Crippen LogP contribution in [0.4, 0.5) is 0 Å². The van der Waals surface area contributed by atoms with Crippen LogP contribution in [0.3, 0.4) is 0 Å². The Bertz CT molecular complexity index is 1140. The van der Waals surface area contributed by atoms with Crippen molar-refractivity contribution in [2.45, 2.75) is 47.7 Å². The number of aryl methyl sites for hydroxylation is 1. The van der Waals surface area contributed by atoms with Gasteiger partial charge >= 0.3 is 41.9 Å². The van der Waals surface area contributed by atoms with Crippen molar-refractivity contribution < 1.29 is 48.1 Å². The van der Waals surface area contributed by atoms with Crippen molar-refractivity contribution in [1.29, 1.82) is 0 Å². The van der Waals surface area contributed by atoms with E-state index in [2.05, 4.69) is 72.0 Å². The van der Waals surface area contributed by atoms with Gasteiger partial charge in [-0.2, -0.15) is 11.1 Å². The van der Waals surface area contributed by atoms with Crippen LogP contribution < -0.4 is 24.8 Å². The van der Waals surface area contributed by atoms with Crippen molar-refractivity contribution >= 4 is 39.4 Å². The van der Waals surface area contributed by atoms with Crippen LogP contribution in [0.5, 0.6) is 0 Å². The molecule has 176 valence electrons. The predicted molar refractivity (Wildman–Crippen MR) is 137 cm³/mol. The Morgan fingerprint density at radius 1 is 0.970 bits per heavy atom. The number of fused-ring (bicyclic) bond motifs is 1. The van der Waals surface area contributed by atoms with E-state index in [0.717, 1.165) is 10.8 Å². The van der Waals surface area contributed by atoms with Gasteiger partial charge in [0.15, 0.2) is 0 Å². The molecule has 33 heavy (non-hydrogen) atoms. The van der Waals surface area contributed by atoms with Crippen molar-refractivity contribution in [3.63, 3.8) is 0 Å². The fraction of sp³-hybridized carbons (Fsp3) is 0.296. The molecule has 0 nitrogen and oxygen atoms in total. The maximum atomic E-state index is 6.25. The zero-order valence-corrected chi connectivity index (χ0v) is 26.7. The molecule has 1 atom stereocenters. The Hall–Kier alpha value is -0.210. The average Bonchev–Trinajstić information content (AvgIpc) is 3.13. The molecule has 0 radical (unpaired) electrons. The summed E-state index contributed by atoms with van der Waals surface area (Å²) in [5.41, 5.74) is 8.09. The molecule has 0 spiro atoms. The van der Waals surface area contributed by atoms with Gasteiger partial charge in [-0.25, -0.2) is 5.57 Å². The number of hydrogen-bond acceptors (Lipinski definition) is 0. The predicted octanol–water partition coefficient (Wildman–Crippen LogP) is 3.36. The van der Waals surface area contributed by atoms with Crippen molar-refractivity contribution in [2.24, 2.45) is 5.92 Å². The molecule has 1 aliphatic rings. The minimum Gasteiger partial charge on any atom is -1.00 e. The van der Waals surface area contributed by atoms with E-state index in [4.69, 9.17) is 23.2 Å². The van der Waals surface area contributed by atoms with E-state index in [1.165, 1.54) is 33.4 Å². The molecule has 0 fully saturated rings. The molecule has 3 aromatic carbocycles. The second-order valence-corrected chi connectivity index (χ2v) is 18.4. The molecule has 0 aliphatic heterocycles. The minimum atomic E-state index is 0. The third-order valence-electron chi connectivity index (χ3n) is 5.42. The molecule has 0 heterocycles. The molecule has 1 aliphatic carbocycles. The van der Waals surface area contributed by atoms with Crippen LogP contribution in [0.15, 0.2) is 65.3 Å². The van der Waals surface area contributed by atoms with E-state index < -0.39 is 0 Å². The zero-order valence-electron chi connectivity index (χ0n) is 20.2. The second-order valence-electron chi connectivity index (χ2n) is 8.22. The molecule has 4 rings (SSSR count). The second kappa shape index (κ2) is 15.0.